The second-order valence-corrected chi connectivity index (χ2v) is 5.94. The Balaban J connectivity index is 1.84. The molecule has 1 saturated heterocycles. The van der Waals surface area contributed by atoms with Crippen molar-refractivity contribution in [3.63, 3.8) is 0 Å². The molecule has 2 heterocycles. The van der Waals surface area contributed by atoms with E-state index in [0.29, 0.717) is 13.1 Å². The van der Waals surface area contributed by atoms with Gasteiger partial charge in [0.1, 0.15) is 11.7 Å². The highest BCUT2D eigenvalue weighted by Crippen LogP contribution is 2.25. The molecule has 120 valence electrons. The number of ether oxygens (including phenoxy) is 1. The van der Waals surface area contributed by atoms with Crippen LogP contribution in [0.1, 0.15) is 34.6 Å². The van der Waals surface area contributed by atoms with E-state index in [-0.39, 0.29) is 29.2 Å². The zero-order valence-electron chi connectivity index (χ0n) is 13.3. The lowest BCUT2D eigenvalue weighted by Gasteiger charge is -2.37. The first-order valence-electron chi connectivity index (χ1n) is 7.74. The average Bonchev–Trinajstić information content (AvgIpc) is 2.54. The van der Waals surface area contributed by atoms with Gasteiger partial charge in [0.15, 0.2) is 0 Å². The van der Waals surface area contributed by atoms with Crippen LogP contribution in [0, 0.1) is 6.92 Å². The van der Waals surface area contributed by atoms with E-state index in [0.717, 1.165) is 11.3 Å². The Morgan fingerprint density at radius 1 is 1.17 bits per heavy atom. The molecule has 0 unspecified atom stereocenters. The van der Waals surface area contributed by atoms with Gasteiger partial charge in [0.05, 0.1) is 12.6 Å². The van der Waals surface area contributed by atoms with E-state index >= 15 is 0 Å². The molecule has 1 amide bonds. The van der Waals surface area contributed by atoms with E-state index in [1.165, 1.54) is 0 Å². The highest BCUT2D eigenvalue weighted by molar-refractivity contribution is 5.94. The summed E-state index contributed by atoms with van der Waals surface area (Å²) in [6.45, 7) is 4.66. The number of morpholine rings is 1. The fraction of sp³-hybridized carbons (Fsp3) is 0.333. The molecule has 0 bridgehead atoms. The van der Waals surface area contributed by atoms with Crippen molar-refractivity contribution in [1.29, 1.82) is 0 Å². The Hall–Kier alpha value is -2.40. The Bertz CT molecular complexity index is 754. The average molecular weight is 312 g/mol. The molecule has 3 rings (SSSR count). The van der Waals surface area contributed by atoms with E-state index in [2.05, 4.69) is 4.98 Å². The number of benzene rings is 1. The number of carbonyl (C=O) groups is 1. The number of H-pyrrole nitrogens is 1. The van der Waals surface area contributed by atoms with Crippen LogP contribution in [0.5, 0.6) is 0 Å². The molecule has 1 aromatic carbocycles. The number of hydrogen-bond acceptors (Lipinski definition) is 3. The van der Waals surface area contributed by atoms with Crippen LogP contribution in [-0.2, 0) is 4.74 Å². The number of amides is 1. The van der Waals surface area contributed by atoms with Gasteiger partial charge in [0, 0.05) is 12.2 Å². The predicted octanol–water partition coefficient (Wildman–Crippen LogP) is 2.29. The van der Waals surface area contributed by atoms with Gasteiger partial charge in [-0.25, -0.2) is 0 Å². The van der Waals surface area contributed by atoms with Crippen molar-refractivity contribution < 1.29 is 9.53 Å². The first kappa shape index (κ1) is 15.5. The van der Waals surface area contributed by atoms with Gasteiger partial charge in [-0.1, -0.05) is 30.3 Å². The fourth-order valence-electron chi connectivity index (χ4n) is 2.88. The summed E-state index contributed by atoms with van der Waals surface area (Å²) in [7, 11) is 0. The molecule has 0 saturated carbocycles. The summed E-state index contributed by atoms with van der Waals surface area (Å²) < 4.78 is 5.96. The molecule has 1 fully saturated rings. The summed E-state index contributed by atoms with van der Waals surface area (Å²) >= 11 is 0. The highest BCUT2D eigenvalue weighted by Gasteiger charge is 2.30. The molecule has 2 atom stereocenters. The van der Waals surface area contributed by atoms with Crippen LogP contribution in [-0.4, -0.2) is 35.0 Å². The quantitative estimate of drug-likeness (QED) is 0.925. The maximum Gasteiger partial charge on any atom is 0.260 e. The number of aromatic nitrogens is 1. The van der Waals surface area contributed by atoms with Gasteiger partial charge in [0.25, 0.3) is 11.5 Å². The van der Waals surface area contributed by atoms with Gasteiger partial charge < -0.3 is 14.6 Å². The summed E-state index contributed by atoms with van der Waals surface area (Å²) in [4.78, 5) is 29.1. The van der Waals surface area contributed by atoms with E-state index in [1.54, 1.807) is 24.0 Å². The van der Waals surface area contributed by atoms with E-state index in [4.69, 9.17) is 4.74 Å². The Kier molecular flexibility index (Phi) is 4.30. The number of nitrogens with zero attached hydrogens (tertiary/aromatic N) is 1. The molecule has 1 aromatic heterocycles. The number of aromatic amines is 1. The lowest BCUT2D eigenvalue weighted by Crippen LogP contribution is -2.47. The van der Waals surface area contributed by atoms with Crippen LogP contribution in [0.15, 0.2) is 47.3 Å². The van der Waals surface area contributed by atoms with Crippen molar-refractivity contribution in [3.05, 3.63) is 69.6 Å². The molecule has 5 heteroatoms. The molecular formula is C18H20N2O3. The van der Waals surface area contributed by atoms with Crippen molar-refractivity contribution in [2.75, 3.05) is 13.1 Å². The molecular weight excluding hydrogens is 292 g/mol. The first-order valence-corrected chi connectivity index (χ1v) is 7.74. The van der Waals surface area contributed by atoms with Crippen LogP contribution in [0.4, 0.5) is 0 Å². The van der Waals surface area contributed by atoms with E-state index in [9.17, 15) is 9.59 Å². The van der Waals surface area contributed by atoms with Gasteiger partial charge in [-0.15, -0.1) is 0 Å². The lowest BCUT2D eigenvalue weighted by atomic mass is 10.1. The third kappa shape index (κ3) is 3.35. The summed E-state index contributed by atoms with van der Waals surface area (Å²) in [6, 6.07) is 13.2. The molecule has 23 heavy (non-hydrogen) atoms. The smallest absolute Gasteiger partial charge is 0.260 e. The third-order valence-corrected chi connectivity index (χ3v) is 4.00. The standard InChI is InChI=1S/C18H20N2O3/c1-12-8-9-15(17(21)19-12)18(22)20-10-13(2)23-16(11-20)14-6-4-3-5-7-14/h3-9,13,16H,10-11H2,1-2H3,(H,19,21)/t13-,16+/m0/s1. The molecule has 0 spiro atoms. The Labute approximate surface area is 134 Å². The summed E-state index contributed by atoms with van der Waals surface area (Å²) in [6.07, 6.45) is -0.254. The minimum atomic E-state index is -0.342. The van der Waals surface area contributed by atoms with E-state index < -0.39 is 0 Å². The van der Waals surface area contributed by atoms with Crippen molar-refractivity contribution in [1.82, 2.24) is 9.88 Å². The summed E-state index contributed by atoms with van der Waals surface area (Å²) in [5, 5.41) is 0. The lowest BCUT2D eigenvalue weighted by molar-refractivity contribution is -0.0692. The van der Waals surface area contributed by atoms with Crippen LogP contribution in [0.3, 0.4) is 0 Å². The maximum atomic E-state index is 12.7. The van der Waals surface area contributed by atoms with Gasteiger partial charge in [0.2, 0.25) is 0 Å². The first-order chi connectivity index (χ1) is 11.0. The zero-order valence-corrected chi connectivity index (χ0v) is 13.3. The van der Waals surface area contributed by atoms with Crippen LogP contribution in [0.2, 0.25) is 0 Å². The van der Waals surface area contributed by atoms with Gasteiger partial charge >= 0.3 is 0 Å². The SMILES string of the molecule is Cc1ccc(C(=O)N2C[C@H](C)O[C@@H](c3ccccc3)C2)c(=O)[nH]1. The highest BCUT2D eigenvalue weighted by atomic mass is 16.5. The summed E-state index contributed by atoms with van der Waals surface area (Å²) in [5.41, 5.74) is 1.61. The third-order valence-electron chi connectivity index (χ3n) is 4.00. The van der Waals surface area contributed by atoms with Crippen molar-refractivity contribution in [3.8, 4) is 0 Å². The second kappa shape index (κ2) is 6.38. The van der Waals surface area contributed by atoms with Gasteiger partial charge in [-0.2, -0.15) is 0 Å². The number of aryl methyl sites for hydroxylation is 1. The van der Waals surface area contributed by atoms with Crippen molar-refractivity contribution >= 4 is 5.91 Å². The van der Waals surface area contributed by atoms with Crippen LogP contribution >= 0.6 is 0 Å². The fourth-order valence-corrected chi connectivity index (χ4v) is 2.88. The van der Waals surface area contributed by atoms with Gasteiger partial charge in [-0.05, 0) is 31.5 Å². The zero-order chi connectivity index (χ0) is 16.4. The molecule has 1 N–H and O–H groups in total. The Morgan fingerprint density at radius 3 is 2.61 bits per heavy atom. The number of hydrogen-bond donors (Lipinski definition) is 1. The Morgan fingerprint density at radius 2 is 1.91 bits per heavy atom. The van der Waals surface area contributed by atoms with Gasteiger partial charge in [-0.3, -0.25) is 9.59 Å². The second-order valence-electron chi connectivity index (χ2n) is 5.94. The molecule has 0 radical (unpaired) electrons. The minimum absolute atomic E-state index is 0.0811. The van der Waals surface area contributed by atoms with E-state index in [1.807, 2.05) is 37.3 Å². The number of rotatable bonds is 2. The molecule has 0 aliphatic carbocycles. The minimum Gasteiger partial charge on any atom is -0.367 e. The monoisotopic (exact) mass is 312 g/mol. The molecule has 2 aromatic rings. The van der Waals surface area contributed by atoms with Crippen molar-refractivity contribution in [2.45, 2.75) is 26.1 Å². The molecule has 1 aliphatic heterocycles. The normalized spacial score (nSPS) is 21.2. The number of nitrogens with one attached hydrogen (secondary N) is 1. The largest absolute Gasteiger partial charge is 0.367 e. The van der Waals surface area contributed by atoms with Crippen molar-refractivity contribution in [2.24, 2.45) is 0 Å². The number of carbonyl (C=O) groups excluding carboxylic acids is 1. The topological polar surface area (TPSA) is 62.4 Å². The molecule has 5 nitrogen and oxygen atoms in total. The maximum absolute atomic E-state index is 12.7. The van der Waals surface area contributed by atoms with Crippen LogP contribution in [0.25, 0.3) is 0 Å². The van der Waals surface area contributed by atoms with Crippen LogP contribution < -0.4 is 5.56 Å². The predicted molar refractivity (Wildman–Crippen MR) is 87.4 cm³/mol. The number of pyridine rings is 1. The molecule has 1 aliphatic rings. The summed E-state index contributed by atoms with van der Waals surface area (Å²) in [5.74, 6) is -0.248.